The summed E-state index contributed by atoms with van der Waals surface area (Å²) in [6, 6.07) is 0.905. The van der Waals surface area contributed by atoms with Gasteiger partial charge in [0.2, 0.25) is 0 Å². The summed E-state index contributed by atoms with van der Waals surface area (Å²) in [5.41, 5.74) is 5.44. The van der Waals surface area contributed by atoms with Gasteiger partial charge in [0.25, 0.3) is 0 Å². The van der Waals surface area contributed by atoms with Gasteiger partial charge in [-0.1, -0.05) is 5.23 Å². The van der Waals surface area contributed by atoms with Gasteiger partial charge in [-0.2, -0.15) is 0 Å². The van der Waals surface area contributed by atoms with Crippen LogP contribution in [0.3, 0.4) is 0 Å². The number of rotatable bonds is 15. The van der Waals surface area contributed by atoms with Crippen molar-refractivity contribution in [2.75, 3.05) is 47.5 Å². The second kappa shape index (κ2) is 13.4. The Balaban J connectivity index is 3.98. The molecule has 0 spiro atoms. The Hall–Kier alpha value is -0.0631. The molecule has 0 aliphatic carbocycles. The third-order valence-electron chi connectivity index (χ3n) is 3.55. The predicted octanol–water partition coefficient (Wildman–Crippen LogP) is 1.25. The topological polar surface area (TPSA) is 78.2 Å². The van der Waals surface area contributed by atoms with Crippen molar-refractivity contribution >= 4 is 8.56 Å². The largest absolute Gasteiger partial charge is 0.398 e. The highest BCUT2D eigenvalue weighted by atomic mass is 28.4. The van der Waals surface area contributed by atoms with E-state index in [9.17, 15) is 0 Å². The van der Waals surface area contributed by atoms with Crippen LogP contribution in [0.5, 0.6) is 0 Å². The molecule has 0 heterocycles. The lowest BCUT2D eigenvalue weighted by Crippen LogP contribution is -2.41. The first-order chi connectivity index (χ1) is 10.5. The second-order valence-corrected chi connectivity index (χ2v) is 8.88. The monoisotopic (exact) mass is 337 g/mol. The Labute approximate surface area is 136 Å². The molecule has 2 unspecified atom stereocenters. The summed E-state index contributed by atoms with van der Waals surface area (Å²) in [6.45, 7) is 7.45. The van der Waals surface area contributed by atoms with E-state index < -0.39 is 8.56 Å². The summed E-state index contributed by atoms with van der Waals surface area (Å²) in [6.07, 6.45) is 3.21. The molecule has 0 amide bonds. The second-order valence-electron chi connectivity index (χ2n) is 5.47. The maximum absolute atomic E-state index is 6.21. The highest BCUT2D eigenvalue weighted by Crippen LogP contribution is 2.19. The summed E-state index contributed by atoms with van der Waals surface area (Å²) in [7, 11) is 2.79. The quantitative estimate of drug-likeness (QED) is 0.264. The molecule has 0 aromatic heterocycles. The lowest BCUT2D eigenvalue weighted by Gasteiger charge is -2.29. The van der Waals surface area contributed by atoms with E-state index in [4.69, 9.17) is 24.3 Å². The molecule has 7 nitrogen and oxygen atoms in total. The van der Waals surface area contributed by atoms with E-state index in [0.29, 0.717) is 13.1 Å². The highest BCUT2D eigenvalue weighted by Gasteiger charge is 2.31. The van der Waals surface area contributed by atoms with E-state index in [1.54, 1.807) is 21.3 Å². The molecule has 0 aliphatic heterocycles. The Morgan fingerprint density at radius 1 is 1.14 bits per heavy atom. The van der Waals surface area contributed by atoms with Gasteiger partial charge in [-0.25, -0.2) is 0 Å². The van der Waals surface area contributed by atoms with Crippen molar-refractivity contribution in [3.05, 3.63) is 0 Å². The number of nitrogens with one attached hydrogen (secondary N) is 1. The van der Waals surface area contributed by atoms with E-state index >= 15 is 0 Å². The zero-order chi connectivity index (χ0) is 16.8. The van der Waals surface area contributed by atoms with Gasteiger partial charge < -0.3 is 19.9 Å². The van der Waals surface area contributed by atoms with Crippen LogP contribution in [-0.2, 0) is 18.5 Å². The Morgan fingerprint density at radius 2 is 1.82 bits per heavy atom. The van der Waals surface area contributed by atoms with Crippen molar-refractivity contribution < 1.29 is 18.5 Å². The average Bonchev–Trinajstić information content (AvgIpc) is 2.51. The lowest BCUT2D eigenvalue weighted by molar-refractivity contribution is -0.342. The lowest BCUT2D eigenvalue weighted by atomic mass is 10.2. The van der Waals surface area contributed by atoms with Crippen LogP contribution in [0.4, 0.5) is 0 Å². The fourth-order valence-corrected chi connectivity index (χ4v) is 4.41. The van der Waals surface area contributed by atoms with Crippen molar-refractivity contribution in [3.63, 3.8) is 0 Å². The van der Waals surface area contributed by atoms with Crippen molar-refractivity contribution in [1.29, 1.82) is 0 Å². The van der Waals surface area contributed by atoms with Gasteiger partial charge in [-0.3, -0.25) is 9.68 Å². The third-order valence-corrected chi connectivity index (χ3v) is 6.57. The standard InChI is InChI=1S/C14H35N3O4Si/c1-14(8-6-10-16-11-9-15)21-22(5,20-4)13-7-12-17(18-2)19-3/h14,16H,6-13,15H2,1-5H3. The normalized spacial score (nSPS) is 16.0. The van der Waals surface area contributed by atoms with Gasteiger partial charge in [0.15, 0.2) is 0 Å². The van der Waals surface area contributed by atoms with Crippen LogP contribution in [0.1, 0.15) is 26.2 Å². The molecule has 2 atom stereocenters. The SMILES string of the molecule is CON(CCC[Si](C)(OC)OC(C)CCCNCCN)OC. The Morgan fingerprint density at radius 3 is 2.36 bits per heavy atom. The van der Waals surface area contributed by atoms with E-state index in [-0.39, 0.29) is 6.10 Å². The van der Waals surface area contributed by atoms with Crippen molar-refractivity contribution in [2.45, 2.75) is 44.9 Å². The van der Waals surface area contributed by atoms with Crippen LogP contribution in [-0.4, -0.2) is 67.4 Å². The zero-order valence-electron chi connectivity index (χ0n) is 14.9. The molecule has 0 rings (SSSR count). The number of nitrogens with two attached hydrogens (primary N) is 1. The van der Waals surface area contributed by atoms with Crippen LogP contribution in [0.25, 0.3) is 0 Å². The third kappa shape index (κ3) is 10.6. The fraction of sp³-hybridized carbons (Fsp3) is 1.00. The first kappa shape index (κ1) is 21.9. The molecule has 3 N–H and O–H groups in total. The van der Waals surface area contributed by atoms with Gasteiger partial charge in [0, 0.05) is 26.3 Å². The molecular weight excluding hydrogens is 302 g/mol. The minimum atomic E-state index is -2.13. The summed E-state index contributed by atoms with van der Waals surface area (Å²) < 4.78 is 11.9. The molecule has 8 heteroatoms. The number of hydrogen-bond acceptors (Lipinski definition) is 7. The van der Waals surface area contributed by atoms with E-state index in [1.165, 1.54) is 5.23 Å². The smallest absolute Gasteiger partial charge is 0.334 e. The van der Waals surface area contributed by atoms with Crippen LogP contribution in [0, 0.1) is 0 Å². The minimum Gasteiger partial charge on any atom is -0.398 e. The van der Waals surface area contributed by atoms with E-state index in [1.807, 2.05) is 0 Å². The molecular formula is C14H35N3O4Si. The molecule has 0 fully saturated rings. The van der Waals surface area contributed by atoms with E-state index in [2.05, 4.69) is 18.8 Å². The van der Waals surface area contributed by atoms with Gasteiger partial charge in [0.05, 0.1) is 20.8 Å². The average molecular weight is 338 g/mol. The molecule has 22 heavy (non-hydrogen) atoms. The Bertz CT molecular complexity index is 260. The number of hydroxylamine groups is 2. The molecule has 0 aliphatic rings. The summed E-state index contributed by atoms with van der Waals surface area (Å²) in [5, 5.41) is 4.75. The maximum Gasteiger partial charge on any atom is 0.334 e. The minimum absolute atomic E-state index is 0.206. The van der Waals surface area contributed by atoms with Crippen LogP contribution < -0.4 is 11.1 Å². The summed E-state index contributed by atoms with van der Waals surface area (Å²) in [5.74, 6) is 0. The fourth-order valence-electron chi connectivity index (χ4n) is 2.22. The molecule has 0 aromatic rings. The van der Waals surface area contributed by atoms with Crippen LogP contribution in [0.15, 0.2) is 0 Å². The van der Waals surface area contributed by atoms with Crippen molar-refractivity contribution in [1.82, 2.24) is 10.5 Å². The van der Waals surface area contributed by atoms with E-state index in [0.717, 1.165) is 38.4 Å². The van der Waals surface area contributed by atoms with Gasteiger partial charge >= 0.3 is 8.56 Å². The molecule has 0 aromatic carbocycles. The predicted molar refractivity (Wildman–Crippen MR) is 90.5 cm³/mol. The Kier molecular flexibility index (Phi) is 13.3. The van der Waals surface area contributed by atoms with Crippen molar-refractivity contribution in [2.24, 2.45) is 5.73 Å². The molecule has 0 radical (unpaired) electrons. The first-order valence-corrected chi connectivity index (χ1v) is 10.5. The van der Waals surface area contributed by atoms with Crippen LogP contribution >= 0.6 is 0 Å². The highest BCUT2D eigenvalue weighted by molar-refractivity contribution is 6.66. The summed E-state index contributed by atoms with van der Waals surface area (Å²) in [4.78, 5) is 10.1. The number of hydrogen-bond donors (Lipinski definition) is 2. The van der Waals surface area contributed by atoms with Crippen molar-refractivity contribution in [3.8, 4) is 0 Å². The summed E-state index contributed by atoms with van der Waals surface area (Å²) >= 11 is 0. The molecule has 134 valence electrons. The maximum atomic E-state index is 6.21. The molecule has 0 bridgehead atoms. The van der Waals surface area contributed by atoms with Gasteiger partial charge in [0.1, 0.15) is 0 Å². The van der Waals surface area contributed by atoms with Gasteiger partial charge in [-0.15, -0.1) is 0 Å². The molecule has 0 saturated carbocycles. The zero-order valence-corrected chi connectivity index (χ0v) is 15.9. The number of nitrogens with zero attached hydrogens (tertiary/aromatic N) is 1. The van der Waals surface area contributed by atoms with Crippen LogP contribution in [0.2, 0.25) is 12.6 Å². The first-order valence-electron chi connectivity index (χ1n) is 8.00. The van der Waals surface area contributed by atoms with Gasteiger partial charge in [-0.05, 0) is 45.3 Å². The molecule has 0 saturated heterocycles.